The average molecular weight is 439 g/mol. The number of carbonyl (C=O) groups is 1. The van der Waals surface area contributed by atoms with E-state index in [1.165, 1.54) is 6.21 Å². The summed E-state index contributed by atoms with van der Waals surface area (Å²) in [6.45, 7) is 2.64. The van der Waals surface area contributed by atoms with E-state index in [0.717, 1.165) is 11.1 Å². The van der Waals surface area contributed by atoms with E-state index in [4.69, 9.17) is 25.9 Å². The van der Waals surface area contributed by atoms with E-state index in [1.807, 2.05) is 55.5 Å². The molecule has 0 aliphatic rings. The molecule has 0 radical (unpaired) electrons. The Morgan fingerprint density at radius 1 is 1.00 bits per heavy atom. The Morgan fingerprint density at radius 3 is 2.52 bits per heavy atom. The first-order chi connectivity index (χ1) is 15.1. The molecule has 6 nitrogen and oxygen atoms in total. The van der Waals surface area contributed by atoms with Crippen LogP contribution in [-0.2, 0) is 16.2 Å². The quantitative estimate of drug-likeness (QED) is 0.344. The van der Waals surface area contributed by atoms with Crippen LogP contribution >= 0.6 is 11.6 Å². The largest absolute Gasteiger partial charge is 0.490 e. The van der Waals surface area contributed by atoms with Gasteiger partial charge < -0.3 is 19.6 Å². The van der Waals surface area contributed by atoms with E-state index in [-0.39, 0.29) is 12.5 Å². The predicted octanol–water partition coefficient (Wildman–Crippen LogP) is 5.31. The molecule has 0 saturated heterocycles. The van der Waals surface area contributed by atoms with Gasteiger partial charge in [-0.15, -0.1) is 0 Å². The highest BCUT2D eigenvalue weighted by Crippen LogP contribution is 2.29. The number of amides is 1. The molecule has 1 N–H and O–H groups in total. The number of hydrogen-bond acceptors (Lipinski definition) is 5. The number of hydrogen-bond donors (Lipinski definition) is 1. The van der Waals surface area contributed by atoms with E-state index in [1.54, 1.807) is 24.3 Å². The summed E-state index contributed by atoms with van der Waals surface area (Å²) >= 11 is 5.82. The first-order valence-electron chi connectivity index (χ1n) is 9.78. The zero-order chi connectivity index (χ0) is 21.9. The molecule has 3 aromatic carbocycles. The summed E-state index contributed by atoms with van der Waals surface area (Å²) in [6, 6.07) is 22.2. The standard InChI is InChI=1S/C24H23ClN2O4/c1-2-29-23-14-19(8-13-22(23)30-16-18-6-4-3-5-7-18)15-26-31-17-24(28)27-21-11-9-20(25)10-12-21/h3-15H,2,16-17H2,1H3,(H,27,28)/b26-15+. The van der Waals surface area contributed by atoms with Crippen molar-refractivity contribution in [1.29, 1.82) is 0 Å². The van der Waals surface area contributed by atoms with Crippen molar-refractivity contribution in [1.82, 2.24) is 0 Å². The first kappa shape index (κ1) is 22.2. The molecule has 0 saturated carbocycles. The SMILES string of the molecule is CCOc1cc(/C=N/OCC(=O)Nc2ccc(Cl)cc2)ccc1OCc1ccccc1. The summed E-state index contributed by atoms with van der Waals surface area (Å²) in [5, 5.41) is 7.15. The zero-order valence-electron chi connectivity index (χ0n) is 17.1. The van der Waals surface area contributed by atoms with Gasteiger partial charge in [-0.2, -0.15) is 0 Å². The molecular weight excluding hydrogens is 416 g/mol. The summed E-state index contributed by atoms with van der Waals surface area (Å²) in [5.41, 5.74) is 2.46. The Kier molecular flexibility index (Phi) is 8.31. The van der Waals surface area contributed by atoms with Crippen molar-refractivity contribution in [3.05, 3.63) is 88.9 Å². The van der Waals surface area contributed by atoms with Crippen molar-refractivity contribution < 1.29 is 19.1 Å². The molecule has 3 rings (SSSR count). The lowest BCUT2D eigenvalue weighted by Gasteiger charge is -2.12. The second-order valence-corrected chi connectivity index (χ2v) is 6.91. The maximum atomic E-state index is 11.9. The van der Waals surface area contributed by atoms with Crippen LogP contribution in [0.2, 0.25) is 5.02 Å². The van der Waals surface area contributed by atoms with Crippen LogP contribution in [0.5, 0.6) is 11.5 Å². The van der Waals surface area contributed by atoms with Gasteiger partial charge in [0.05, 0.1) is 12.8 Å². The third-order valence-corrected chi connectivity index (χ3v) is 4.36. The number of benzene rings is 3. The van der Waals surface area contributed by atoms with E-state index in [0.29, 0.717) is 35.4 Å². The number of anilines is 1. The Hall–Kier alpha value is -3.51. The first-order valence-corrected chi connectivity index (χ1v) is 10.2. The third kappa shape index (κ3) is 7.35. The summed E-state index contributed by atoms with van der Waals surface area (Å²) in [4.78, 5) is 17.0. The van der Waals surface area contributed by atoms with Crippen LogP contribution in [0.4, 0.5) is 5.69 Å². The van der Waals surface area contributed by atoms with Gasteiger partial charge in [0.25, 0.3) is 5.91 Å². The number of nitrogens with zero attached hydrogens (tertiary/aromatic N) is 1. The van der Waals surface area contributed by atoms with Crippen LogP contribution in [0.3, 0.4) is 0 Å². The number of oxime groups is 1. The lowest BCUT2D eigenvalue weighted by atomic mass is 10.2. The lowest BCUT2D eigenvalue weighted by molar-refractivity contribution is -0.120. The molecule has 160 valence electrons. The highest BCUT2D eigenvalue weighted by Gasteiger charge is 2.07. The molecule has 0 unspecified atom stereocenters. The second-order valence-electron chi connectivity index (χ2n) is 6.48. The van der Waals surface area contributed by atoms with Crippen molar-refractivity contribution in [2.45, 2.75) is 13.5 Å². The van der Waals surface area contributed by atoms with Crippen LogP contribution < -0.4 is 14.8 Å². The van der Waals surface area contributed by atoms with Crippen LogP contribution in [0.15, 0.2) is 78.0 Å². The minimum Gasteiger partial charge on any atom is -0.490 e. The van der Waals surface area contributed by atoms with Crippen LogP contribution in [0, 0.1) is 0 Å². The number of nitrogens with one attached hydrogen (secondary N) is 1. The molecule has 0 atom stereocenters. The fourth-order valence-electron chi connectivity index (χ4n) is 2.65. The smallest absolute Gasteiger partial charge is 0.265 e. The Labute approximate surface area is 186 Å². The highest BCUT2D eigenvalue weighted by molar-refractivity contribution is 6.30. The van der Waals surface area contributed by atoms with Gasteiger partial charge in [-0.25, -0.2) is 0 Å². The molecule has 0 fully saturated rings. The van der Waals surface area contributed by atoms with E-state index in [2.05, 4.69) is 10.5 Å². The molecule has 0 aliphatic heterocycles. The highest BCUT2D eigenvalue weighted by atomic mass is 35.5. The van der Waals surface area contributed by atoms with Crippen LogP contribution in [0.25, 0.3) is 0 Å². The maximum absolute atomic E-state index is 11.9. The average Bonchev–Trinajstić information content (AvgIpc) is 2.79. The van der Waals surface area contributed by atoms with E-state index in [9.17, 15) is 4.79 Å². The molecule has 3 aromatic rings. The van der Waals surface area contributed by atoms with Gasteiger partial charge in [-0.3, -0.25) is 4.79 Å². The molecular formula is C24H23ClN2O4. The lowest BCUT2D eigenvalue weighted by Crippen LogP contribution is -2.16. The number of ether oxygens (including phenoxy) is 2. The summed E-state index contributed by atoms with van der Waals surface area (Å²) in [6.07, 6.45) is 1.51. The van der Waals surface area contributed by atoms with Gasteiger partial charge in [-0.05, 0) is 55.0 Å². The van der Waals surface area contributed by atoms with Crippen molar-refractivity contribution in [3.8, 4) is 11.5 Å². The summed E-state index contributed by atoms with van der Waals surface area (Å²) < 4.78 is 11.6. The van der Waals surface area contributed by atoms with Crippen molar-refractivity contribution in [2.75, 3.05) is 18.5 Å². The molecule has 1 amide bonds. The fraction of sp³-hybridized carbons (Fsp3) is 0.167. The predicted molar refractivity (Wildman–Crippen MR) is 122 cm³/mol. The fourth-order valence-corrected chi connectivity index (χ4v) is 2.78. The second kappa shape index (κ2) is 11.6. The monoisotopic (exact) mass is 438 g/mol. The Balaban J connectivity index is 1.52. The van der Waals surface area contributed by atoms with Crippen molar-refractivity contribution in [2.24, 2.45) is 5.16 Å². The molecule has 0 aliphatic carbocycles. The molecule has 0 aromatic heterocycles. The van der Waals surface area contributed by atoms with Gasteiger partial charge in [0.15, 0.2) is 18.1 Å². The van der Waals surface area contributed by atoms with Gasteiger partial charge >= 0.3 is 0 Å². The van der Waals surface area contributed by atoms with Gasteiger partial charge in [-0.1, -0.05) is 47.1 Å². The van der Waals surface area contributed by atoms with Crippen LogP contribution in [-0.4, -0.2) is 25.3 Å². The van der Waals surface area contributed by atoms with E-state index < -0.39 is 0 Å². The molecule has 0 spiro atoms. The summed E-state index contributed by atoms with van der Waals surface area (Å²) in [5.74, 6) is 0.938. The van der Waals surface area contributed by atoms with Gasteiger partial charge in [0, 0.05) is 16.3 Å². The summed E-state index contributed by atoms with van der Waals surface area (Å²) in [7, 11) is 0. The zero-order valence-corrected chi connectivity index (χ0v) is 17.8. The molecule has 31 heavy (non-hydrogen) atoms. The number of carbonyl (C=O) groups excluding carboxylic acids is 1. The molecule has 7 heteroatoms. The molecule has 0 bridgehead atoms. The minimum absolute atomic E-state index is 0.213. The van der Waals surface area contributed by atoms with Crippen LogP contribution in [0.1, 0.15) is 18.1 Å². The Morgan fingerprint density at radius 2 is 1.77 bits per heavy atom. The Bertz CT molecular complexity index is 1010. The van der Waals surface area contributed by atoms with E-state index >= 15 is 0 Å². The normalized spacial score (nSPS) is 10.6. The topological polar surface area (TPSA) is 69.2 Å². The van der Waals surface area contributed by atoms with Gasteiger partial charge in [0.2, 0.25) is 0 Å². The molecule has 0 heterocycles. The number of halogens is 1. The minimum atomic E-state index is -0.320. The third-order valence-electron chi connectivity index (χ3n) is 4.10. The van der Waals surface area contributed by atoms with Crippen molar-refractivity contribution in [3.63, 3.8) is 0 Å². The maximum Gasteiger partial charge on any atom is 0.265 e. The van der Waals surface area contributed by atoms with Crippen molar-refractivity contribution >= 4 is 29.4 Å². The number of rotatable bonds is 10. The van der Waals surface area contributed by atoms with Gasteiger partial charge in [0.1, 0.15) is 6.61 Å².